The molecule has 2 saturated heterocycles. The number of halogens is 1. The number of piperazine rings is 1. The van der Waals surface area contributed by atoms with Crippen LogP contribution in [0, 0.1) is 11.7 Å². The van der Waals surface area contributed by atoms with Crippen molar-refractivity contribution < 1.29 is 4.39 Å². The number of anilines is 1. The predicted octanol–water partition coefficient (Wildman–Crippen LogP) is 3.31. The number of hydrogen-bond acceptors (Lipinski definition) is 5. The lowest BCUT2D eigenvalue weighted by atomic mass is 9.92. The van der Waals surface area contributed by atoms with Gasteiger partial charge in [0.05, 0.1) is 0 Å². The molecule has 1 aromatic carbocycles. The number of benzene rings is 1. The minimum atomic E-state index is -0.162. The SMILES string of the molecule is Fc1ccc(SCC2CCC3CN(c4ncccn4)CCN3C2)cc1. The highest BCUT2D eigenvalue weighted by molar-refractivity contribution is 7.99. The third-order valence-electron chi connectivity index (χ3n) is 5.14. The van der Waals surface area contributed by atoms with Crippen molar-refractivity contribution in [2.24, 2.45) is 5.92 Å². The quantitative estimate of drug-likeness (QED) is 0.783. The summed E-state index contributed by atoms with van der Waals surface area (Å²) in [6, 6.07) is 9.33. The lowest BCUT2D eigenvalue weighted by Crippen LogP contribution is -2.57. The van der Waals surface area contributed by atoms with Crippen molar-refractivity contribution in [3.8, 4) is 0 Å². The van der Waals surface area contributed by atoms with E-state index >= 15 is 0 Å². The summed E-state index contributed by atoms with van der Waals surface area (Å²) in [6.07, 6.45) is 6.13. The van der Waals surface area contributed by atoms with Crippen molar-refractivity contribution in [3.63, 3.8) is 0 Å². The Morgan fingerprint density at radius 2 is 1.84 bits per heavy atom. The van der Waals surface area contributed by atoms with Crippen LogP contribution in [0.2, 0.25) is 0 Å². The molecular formula is C19H23FN4S. The van der Waals surface area contributed by atoms with Crippen LogP contribution in [-0.2, 0) is 0 Å². The van der Waals surface area contributed by atoms with Gasteiger partial charge in [-0.25, -0.2) is 14.4 Å². The topological polar surface area (TPSA) is 32.3 Å². The highest BCUT2D eigenvalue weighted by Gasteiger charge is 2.33. The van der Waals surface area contributed by atoms with Crippen LogP contribution in [-0.4, -0.2) is 52.8 Å². The summed E-state index contributed by atoms with van der Waals surface area (Å²) in [6.45, 7) is 4.28. The number of hydrogen-bond donors (Lipinski definition) is 0. The van der Waals surface area contributed by atoms with Crippen LogP contribution in [0.3, 0.4) is 0 Å². The molecule has 4 nitrogen and oxygen atoms in total. The summed E-state index contributed by atoms with van der Waals surface area (Å²) >= 11 is 1.85. The van der Waals surface area contributed by atoms with Gasteiger partial charge < -0.3 is 4.90 Å². The van der Waals surface area contributed by atoms with Crippen molar-refractivity contribution in [1.29, 1.82) is 0 Å². The molecule has 0 radical (unpaired) electrons. The summed E-state index contributed by atoms with van der Waals surface area (Å²) in [5.41, 5.74) is 0. The van der Waals surface area contributed by atoms with Crippen LogP contribution in [0.4, 0.5) is 10.3 Å². The van der Waals surface area contributed by atoms with Gasteiger partial charge in [0.15, 0.2) is 0 Å². The molecule has 4 rings (SSSR count). The lowest BCUT2D eigenvalue weighted by molar-refractivity contribution is 0.103. The fourth-order valence-electron chi connectivity index (χ4n) is 3.78. The fraction of sp³-hybridized carbons (Fsp3) is 0.474. The summed E-state index contributed by atoms with van der Waals surface area (Å²) in [5.74, 6) is 2.52. The first-order valence-corrected chi connectivity index (χ1v) is 9.91. The Morgan fingerprint density at radius 1 is 1.04 bits per heavy atom. The first-order chi connectivity index (χ1) is 12.3. The van der Waals surface area contributed by atoms with Crippen molar-refractivity contribution in [2.45, 2.75) is 23.8 Å². The standard InChI is InChI=1S/C19H23FN4S/c20-16-3-6-18(7-4-16)25-14-15-2-5-17-13-24(11-10-23(17)12-15)19-21-8-1-9-22-19/h1,3-4,6-9,15,17H,2,5,10-14H2. The van der Waals surface area contributed by atoms with Crippen LogP contribution < -0.4 is 4.90 Å². The van der Waals surface area contributed by atoms with E-state index in [0.717, 1.165) is 36.2 Å². The molecule has 1 aromatic heterocycles. The maximum atomic E-state index is 13.0. The van der Waals surface area contributed by atoms with Crippen molar-refractivity contribution in [3.05, 3.63) is 48.5 Å². The predicted molar refractivity (Wildman–Crippen MR) is 99.5 cm³/mol. The van der Waals surface area contributed by atoms with Gasteiger partial charge in [0.2, 0.25) is 5.95 Å². The van der Waals surface area contributed by atoms with Crippen LogP contribution in [0.1, 0.15) is 12.8 Å². The van der Waals surface area contributed by atoms with Crippen molar-refractivity contribution >= 4 is 17.7 Å². The Bertz CT molecular complexity index is 682. The maximum Gasteiger partial charge on any atom is 0.225 e. The Kier molecular flexibility index (Phi) is 5.17. The molecule has 2 aliphatic rings. The Labute approximate surface area is 152 Å². The smallest absolute Gasteiger partial charge is 0.225 e. The number of fused-ring (bicyclic) bond motifs is 1. The van der Waals surface area contributed by atoms with E-state index in [1.165, 1.54) is 19.4 Å². The summed E-state index contributed by atoms with van der Waals surface area (Å²) in [7, 11) is 0. The minimum Gasteiger partial charge on any atom is -0.338 e. The van der Waals surface area contributed by atoms with Crippen LogP contribution in [0.15, 0.2) is 47.6 Å². The minimum absolute atomic E-state index is 0.162. The van der Waals surface area contributed by atoms with Gasteiger partial charge >= 0.3 is 0 Å². The van der Waals surface area contributed by atoms with Gasteiger partial charge in [0, 0.05) is 55.3 Å². The molecule has 0 spiro atoms. The molecular weight excluding hydrogens is 335 g/mol. The third-order valence-corrected chi connectivity index (χ3v) is 6.38. The van der Waals surface area contributed by atoms with E-state index in [1.807, 2.05) is 42.4 Å². The Morgan fingerprint density at radius 3 is 2.64 bits per heavy atom. The van der Waals surface area contributed by atoms with Gasteiger partial charge in [0.1, 0.15) is 5.82 Å². The van der Waals surface area contributed by atoms with Gasteiger partial charge in [-0.3, -0.25) is 4.90 Å². The zero-order valence-electron chi connectivity index (χ0n) is 14.2. The van der Waals surface area contributed by atoms with Crippen molar-refractivity contribution in [2.75, 3.05) is 36.8 Å². The molecule has 2 aromatic rings. The van der Waals surface area contributed by atoms with E-state index in [2.05, 4.69) is 19.8 Å². The second-order valence-corrected chi connectivity index (χ2v) is 7.95. The normalized spacial score (nSPS) is 24.1. The number of piperidine rings is 1. The van der Waals surface area contributed by atoms with Gasteiger partial charge in [0.25, 0.3) is 0 Å². The van der Waals surface area contributed by atoms with E-state index in [-0.39, 0.29) is 5.82 Å². The second-order valence-electron chi connectivity index (χ2n) is 6.85. The van der Waals surface area contributed by atoms with Gasteiger partial charge in [-0.15, -0.1) is 11.8 Å². The molecule has 0 N–H and O–H groups in total. The van der Waals surface area contributed by atoms with Crippen LogP contribution in [0.5, 0.6) is 0 Å². The molecule has 2 aliphatic heterocycles. The highest BCUT2D eigenvalue weighted by Crippen LogP contribution is 2.30. The number of aromatic nitrogens is 2. The number of rotatable bonds is 4. The van der Waals surface area contributed by atoms with Gasteiger partial charge in [-0.1, -0.05) is 0 Å². The molecule has 3 heterocycles. The van der Waals surface area contributed by atoms with Crippen LogP contribution in [0.25, 0.3) is 0 Å². The highest BCUT2D eigenvalue weighted by atomic mass is 32.2. The van der Waals surface area contributed by atoms with Crippen LogP contribution >= 0.6 is 11.8 Å². The summed E-state index contributed by atoms with van der Waals surface area (Å²) < 4.78 is 13.0. The number of thioether (sulfide) groups is 1. The molecule has 2 unspecified atom stereocenters. The lowest BCUT2D eigenvalue weighted by Gasteiger charge is -2.46. The van der Waals surface area contributed by atoms with E-state index in [9.17, 15) is 4.39 Å². The first kappa shape index (κ1) is 16.8. The maximum absolute atomic E-state index is 13.0. The molecule has 0 bridgehead atoms. The van der Waals surface area contributed by atoms with E-state index < -0.39 is 0 Å². The molecule has 0 amide bonds. The van der Waals surface area contributed by atoms with Gasteiger partial charge in [-0.2, -0.15) is 0 Å². The second kappa shape index (κ2) is 7.70. The van der Waals surface area contributed by atoms with Gasteiger partial charge in [-0.05, 0) is 49.1 Å². The third kappa shape index (κ3) is 4.12. The largest absolute Gasteiger partial charge is 0.338 e. The zero-order valence-corrected chi connectivity index (χ0v) is 15.0. The van der Waals surface area contributed by atoms with E-state index in [4.69, 9.17) is 0 Å². The first-order valence-electron chi connectivity index (χ1n) is 8.92. The monoisotopic (exact) mass is 358 g/mol. The summed E-state index contributed by atoms with van der Waals surface area (Å²) in [4.78, 5) is 14.9. The molecule has 2 atom stereocenters. The Balaban J connectivity index is 1.29. The fourth-order valence-corrected chi connectivity index (χ4v) is 4.80. The van der Waals surface area contributed by atoms with E-state index in [0.29, 0.717) is 12.0 Å². The molecule has 0 aliphatic carbocycles. The van der Waals surface area contributed by atoms with Crippen molar-refractivity contribution in [1.82, 2.24) is 14.9 Å². The molecule has 132 valence electrons. The molecule has 0 saturated carbocycles. The molecule has 6 heteroatoms. The summed E-state index contributed by atoms with van der Waals surface area (Å²) in [5, 5.41) is 0. The average Bonchev–Trinajstić information content (AvgIpc) is 2.68. The van der Waals surface area contributed by atoms with E-state index in [1.54, 1.807) is 12.1 Å². The zero-order chi connectivity index (χ0) is 17.1. The molecule has 2 fully saturated rings. The molecule has 25 heavy (non-hydrogen) atoms. The number of nitrogens with zero attached hydrogens (tertiary/aromatic N) is 4. The Hall–Kier alpha value is -1.66. The average molecular weight is 358 g/mol.